The molecule has 1 rings (SSSR count). The van der Waals surface area contributed by atoms with Gasteiger partial charge in [-0.05, 0) is 31.0 Å². The maximum Gasteiger partial charge on any atom is 0.227 e. The van der Waals surface area contributed by atoms with Gasteiger partial charge < -0.3 is 5.32 Å². The van der Waals surface area contributed by atoms with E-state index in [0.717, 1.165) is 24.1 Å². The summed E-state index contributed by atoms with van der Waals surface area (Å²) in [5.74, 6) is 2.69. The van der Waals surface area contributed by atoms with E-state index < -0.39 is 0 Å². The van der Waals surface area contributed by atoms with Crippen LogP contribution in [0.25, 0.3) is 0 Å². The number of rotatable bonds is 4. The Morgan fingerprint density at radius 1 is 1.44 bits per heavy atom. The zero-order chi connectivity index (χ0) is 12.0. The van der Waals surface area contributed by atoms with Crippen molar-refractivity contribution in [3.05, 3.63) is 29.8 Å². The van der Waals surface area contributed by atoms with E-state index in [2.05, 4.69) is 11.2 Å². The van der Waals surface area contributed by atoms with Crippen LogP contribution in [0.4, 0.5) is 5.69 Å². The fraction of sp³-hybridized carbons (Fsp3) is 0.357. The molecule has 84 valence electrons. The number of amides is 1. The minimum Gasteiger partial charge on any atom is -0.326 e. The molecular formula is C14H17NO. The van der Waals surface area contributed by atoms with Gasteiger partial charge in [0.15, 0.2) is 0 Å². The first-order chi connectivity index (χ1) is 7.71. The van der Waals surface area contributed by atoms with Crippen molar-refractivity contribution in [1.29, 1.82) is 0 Å². The van der Waals surface area contributed by atoms with Crippen LogP contribution in [0.15, 0.2) is 24.3 Å². The van der Waals surface area contributed by atoms with Gasteiger partial charge >= 0.3 is 0 Å². The van der Waals surface area contributed by atoms with Gasteiger partial charge in [-0.25, -0.2) is 0 Å². The Morgan fingerprint density at radius 2 is 2.12 bits per heavy atom. The zero-order valence-corrected chi connectivity index (χ0v) is 9.79. The minimum absolute atomic E-state index is 0.0687. The first-order valence-electron chi connectivity index (χ1n) is 5.58. The lowest BCUT2D eigenvalue weighted by Gasteiger charge is -2.12. The Kier molecular flexibility index (Phi) is 4.60. The van der Waals surface area contributed by atoms with Gasteiger partial charge in [0.1, 0.15) is 0 Å². The monoisotopic (exact) mass is 215 g/mol. The van der Waals surface area contributed by atoms with Crippen molar-refractivity contribution in [3.8, 4) is 12.3 Å². The molecule has 0 aliphatic heterocycles. The topological polar surface area (TPSA) is 29.1 Å². The molecule has 0 spiro atoms. The molecule has 2 nitrogen and oxygen atoms in total. The van der Waals surface area contributed by atoms with E-state index in [1.165, 1.54) is 0 Å². The maximum atomic E-state index is 11.8. The van der Waals surface area contributed by atoms with Gasteiger partial charge in [-0.1, -0.05) is 25.8 Å². The Hall–Kier alpha value is -1.75. The number of anilines is 1. The van der Waals surface area contributed by atoms with E-state index >= 15 is 0 Å². The molecule has 1 amide bonds. The van der Waals surface area contributed by atoms with E-state index in [1.807, 2.05) is 32.0 Å². The van der Waals surface area contributed by atoms with Crippen molar-refractivity contribution in [3.63, 3.8) is 0 Å². The quantitative estimate of drug-likeness (QED) is 0.768. The average molecular weight is 215 g/mol. The van der Waals surface area contributed by atoms with Crippen molar-refractivity contribution in [1.82, 2.24) is 0 Å². The van der Waals surface area contributed by atoms with E-state index in [0.29, 0.717) is 0 Å². The number of benzene rings is 1. The predicted octanol–water partition coefficient (Wildman–Crippen LogP) is 3.04. The van der Waals surface area contributed by atoms with Crippen molar-refractivity contribution < 1.29 is 4.79 Å². The van der Waals surface area contributed by atoms with Crippen LogP contribution in [0.5, 0.6) is 0 Å². The molecule has 1 aromatic carbocycles. The minimum atomic E-state index is 0.0687. The van der Waals surface area contributed by atoms with Crippen LogP contribution >= 0.6 is 0 Å². The second-order valence-corrected chi connectivity index (χ2v) is 3.73. The maximum absolute atomic E-state index is 11.8. The Balaban J connectivity index is 2.73. The highest BCUT2D eigenvalue weighted by molar-refractivity contribution is 5.92. The van der Waals surface area contributed by atoms with Crippen LogP contribution in [0.1, 0.15) is 32.3 Å². The van der Waals surface area contributed by atoms with E-state index in [-0.39, 0.29) is 11.8 Å². The Labute approximate surface area is 97.1 Å². The summed E-state index contributed by atoms with van der Waals surface area (Å²) in [6.45, 7) is 4.04. The van der Waals surface area contributed by atoms with Gasteiger partial charge in [0.05, 0.1) is 0 Å². The standard InChI is InChI=1S/C14H17NO/c1-4-11-8-7-9-13(10-11)15-14(16)12(5-2)6-3/h1,7-10,12H,5-6H2,2-3H3,(H,15,16). The van der Waals surface area contributed by atoms with Gasteiger partial charge in [-0.2, -0.15) is 0 Å². The van der Waals surface area contributed by atoms with E-state index in [9.17, 15) is 4.79 Å². The Bertz CT molecular complexity index is 399. The Morgan fingerprint density at radius 3 is 2.69 bits per heavy atom. The summed E-state index contributed by atoms with van der Waals surface area (Å²) in [6.07, 6.45) is 7.02. The highest BCUT2D eigenvalue weighted by Crippen LogP contribution is 2.14. The number of hydrogen-bond acceptors (Lipinski definition) is 1. The van der Waals surface area contributed by atoms with Gasteiger partial charge in [0.25, 0.3) is 0 Å². The van der Waals surface area contributed by atoms with Gasteiger partial charge in [0.2, 0.25) is 5.91 Å². The first kappa shape index (κ1) is 12.3. The van der Waals surface area contributed by atoms with Crippen LogP contribution in [-0.2, 0) is 4.79 Å². The fourth-order valence-electron chi connectivity index (χ4n) is 1.59. The molecule has 0 saturated heterocycles. The summed E-state index contributed by atoms with van der Waals surface area (Å²) in [7, 11) is 0. The van der Waals surface area contributed by atoms with Crippen LogP contribution in [-0.4, -0.2) is 5.91 Å². The summed E-state index contributed by atoms with van der Waals surface area (Å²) in [6, 6.07) is 7.34. The molecule has 0 fully saturated rings. The second-order valence-electron chi connectivity index (χ2n) is 3.73. The van der Waals surface area contributed by atoms with Crippen molar-refractivity contribution in [2.24, 2.45) is 5.92 Å². The molecule has 0 atom stereocenters. The van der Waals surface area contributed by atoms with Crippen molar-refractivity contribution in [2.75, 3.05) is 5.32 Å². The number of terminal acetylenes is 1. The van der Waals surface area contributed by atoms with Crippen LogP contribution in [0, 0.1) is 18.3 Å². The van der Waals surface area contributed by atoms with Crippen LogP contribution < -0.4 is 5.32 Å². The third-order valence-electron chi connectivity index (χ3n) is 2.65. The van der Waals surface area contributed by atoms with Gasteiger partial charge in [-0.3, -0.25) is 4.79 Å². The smallest absolute Gasteiger partial charge is 0.227 e. The van der Waals surface area contributed by atoms with Crippen LogP contribution in [0.3, 0.4) is 0 Å². The molecule has 0 radical (unpaired) electrons. The normalized spacial score (nSPS) is 9.88. The molecule has 0 bridgehead atoms. The summed E-state index contributed by atoms with van der Waals surface area (Å²) in [5.41, 5.74) is 1.55. The number of hydrogen-bond donors (Lipinski definition) is 1. The summed E-state index contributed by atoms with van der Waals surface area (Å²) >= 11 is 0. The summed E-state index contributed by atoms with van der Waals surface area (Å²) < 4.78 is 0. The second kappa shape index (κ2) is 5.97. The van der Waals surface area contributed by atoms with Gasteiger partial charge in [0, 0.05) is 17.2 Å². The molecular weight excluding hydrogens is 198 g/mol. The van der Waals surface area contributed by atoms with E-state index in [4.69, 9.17) is 6.42 Å². The molecule has 1 N–H and O–H groups in total. The largest absolute Gasteiger partial charge is 0.326 e. The van der Waals surface area contributed by atoms with Crippen molar-refractivity contribution in [2.45, 2.75) is 26.7 Å². The molecule has 0 aliphatic carbocycles. The third-order valence-corrected chi connectivity index (χ3v) is 2.65. The molecule has 2 heteroatoms. The lowest BCUT2D eigenvalue weighted by molar-refractivity contribution is -0.120. The third kappa shape index (κ3) is 3.13. The van der Waals surface area contributed by atoms with Crippen LogP contribution in [0.2, 0.25) is 0 Å². The predicted molar refractivity (Wildman–Crippen MR) is 67.1 cm³/mol. The van der Waals surface area contributed by atoms with Gasteiger partial charge in [-0.15, -0.1) is 6.42 Å². The highest BCUT2D eigenvalue weighted by atomic mass is 16.1. The first-order valence-corrected chi connectivity index (χ1v) is 5.58. The highest BCUT2D eigenvalue weighted by Gasteiger charge is 2.13. The molecule has 0 unspecified atom stereocenters. The molecule has 0 saturated carbocycles. The lowest BCUT2D eigenvalue weighted by Crippen LogP contribution is -2.21. The molecule has 0 aromatic heterocycles. The fourth-order valence-corrected chi connectivity index (χ4v) is 1.59. The SMILES string of the molecule is C#Cc1cccc(NC(=O)C(CC)CC)c1. The summed E-state index contributed by atoms with van der Waals surface area (Å²) in [4.78, 5) is 11.8. The lowest BCUT2D eigenvalue weighted by atomic mass is 10.0. The molecule has 0 heterocycles. The van der Waals surface area contributed by atoms with E-state index in [1.54, 1.807) is 6.07 Å². The summed E-state index contributed by atoms with van der Waals surface area (Å²) in [5, 5.41) is 2.88. The number of carbonyl (C=O) groups is 1. The number of nitrogens with one attached hydrogen (secondary N) is 1. The number of carbonyl (C=O) groups excluding carboxylic acids is 1. The zero-order valence-electron chi connectivity index (χ0n) is 9.79. The average Bonchev–Trinajstić information content (AvgIpc) is 2.31. The molecule has 16 heavy (non-hydrogen) atoms. The van der Waals surface area contributed by atoms with Crippen molar-refractivity contribution >= 4 is 11.6 Å². The molecule has 1 aromatic rings. The molecule has 0 aliphatic rings.